The summed E-state index contributed by atoms with van der Waals surface area (Å²) in [6, 6.07) is 18.9. The Morgan fingerprint density at radius 2 is 0.988 bits per heavy atom. The normalized spacial score (nSPS) is 16.4. The summed E-state index contributed by atoms with van der Waals surface area (Å²) in [5.74, 6) is 2.53. The number of hydrogen-bond donors (Lipinski definition) is 2. The molecule has 10 heterocycles. The molecule has 422 valence electrons. The van der Waals surface area contributed by atoms with Gasteiger partial charge in [-0.1, -0.05) is 0 Å². The maximum Gasteiger partial charge on any atom is 0.340 e. The second kappa shape index (κ2) is 23.1. The molecule has 6 aromatic heterocycles. The number of benzene rings is 2. The minimum atomic E-state index is -0.540. The number of urea groups is 2. The highest BCUT2D eigenvalue weighted by molar-refractivity contribution is 5.97. The average Bonchev–Trinajstić information content (AvgIpc) is 4.37. The van der Waals surface area contributed by atoms with Crippen molar-refractivity contribution in [2.75, 3.05) is 113 Å². The van der Waals surface area contributed by atoms with Gasteiger partial charge in [-0.2, -0.15) is 10.2 Å². The number of anilines is 4. The standard InChI is InChI=1S/C58H64N18O6/c1-37-15-21-59-34-46(37)56(78)74-24-18-44(19-25-74)76-54-48(36-62-76)52(72-28-32-82-33-29-72)66-50(68-54)40-9-13-42(14-10-40)64-58(80)70(4)69(3)57(79)63-41-11-7-39(8-12-41)49-65-51(71-26-30-81-31-27-71)47-35-61-75(53(47)67-49)43-16-22-73(23-17-43)55(77)45-6-5-20-60-38(45)2/h5-15,20-21,34-36,43-44H,16-19,22-33H2,1-4H3,(H,63,79)(H,64,80). The highest BCUT2D eigenvalue weighted by Crippen LogP contribution is 2.35. The van der Waals surface area contributed by atoms with E-state index >= 15 is 0 Å². The van der Waals surface area contributed by atoms with Gasteiger partial charge in [0, 0.05) is 113 Å². The van der Waals surface area contributed by atoms with Crippen LogP contribution in [0.1, 0.15) is 69.7 Å². The molecule has 2 aromatic carbocycles. The Kier molecular flexibility index (Phi) is 15.1. The van der Waals surface area contributed by atoms with E-state index in [1.165, 1.54) is 24.1 Å². The van der Waals surface area contributed by atoms with Gasteiger partial charge in [-0.3, -0.25) is 19.6 Å². The Bertz CT molecular complexity index is 3420. The fourth-order valence-electron chi connectivity index (χ4n) is 11.1. The predicted octanol–water partition coefficient (Wildman–Crippen LogP) is 6.88. The molecule has 0 saturated carbocycles. The van der Waals surface area contributed by atoms with Crippen LogP contribution in [0.15, 0.2) is 97.7 Å². The molecule has 4 saturated heterocycles. The molecule has 4 fully saturated rings. The second-order valence-electron chi connectivity index (χ2n) is 21.0. The summed E-state index contributed by atoms with van der Waals surface area (Å²) in [6.45, 7) is 11.1. The number of nitrogens with zero attached hydrogens (tertiary/aromatic N) is 16. The van der Waals surface area contributed by atoms with Crippen LogP contribution in [-0.2, 0) is 9.47 Å². The number of carbonyl (C=O) groups is 4. The lowest BCUT2D eigenvalue weighted by Gasteiger charge is -2.32. The van der Waals surface area contributed by atoms with Crippen LogP contribution in [0.4, 0.5) is 32.6 Å². The molecule has 12 rings (SSSR count). The molecule has 2 N–H and O–H groups in total. The van der Waals surface area contributed by atoms with E-state index in [1.807, 2.05) is 81.8 Å². The zero-order chi connectivity index (χ0) is 56.4. The summed E-state index contributed by atoms with van der Waals surface area (Å²) in [4.78, 5) is 91.2. The van der Waals surface area contributed by atoms with Gasteiger partial charge < -0.3 is 39.7 Å². The average molecular weight is 1110 g/mol. The van der Waals surface area contributed by atoms with E-state index in [9.17, 15) is 19.2 Å². The van der Waals surface area contributed by atoms with Crippen LogP contribution in [0.2, 0.25) is 0 Å². The van der Waals surface area contributed by atoms with Crippen molar-refractivity contribution in [3.05, 3.63) is 120 Å². The number of carbonyl (C=O) groups excluding carboxylic acids is 4. The lowest BCUT2D eigenvalue weighted by molar-refractivity contribution is 0.0682. The number of fused-ring (bicyclic) bond motifs is 2. The highest BCUT2D eigenvalue weighted by Gasteiger charge is 2.32. The number of likely N-dealkylation sites (tertiary alicyclic amines) is 2. The lowest BCUT2D eigenvalue weighted by Crippen LogP contribution is -2.48. The van der Waals surface area contributed by atoms with Crippen molar-refractivity contribution in [3.63, 3.8) is 0 Å². The number of morpholine rings is 2. The third-order valence-electron chi connectivity index (χ3n) is 16.0. The molecular weight excluding hydrogens is 1040 g/mol. The third kappa shape index (κ3) is 10.8. The van der Waals surface area contributed by atoms with Gasteiger partial charge in [0.2, 0.25) is 0 Å². The van der Waals surface area contributed by atoms with E-state index in [0.29, 0.717) is 156 Å². The van der Waals surface area contributed by atoms with Crippen LogP contribution in [-0.4, -0.2) is 186 Å². The fraction of sp³-hybridized carbons (Fsp3) is 0.379. The van der Waals surface area contributed by atoms with Gasteiger partial charge in [0.05, 0.1) is 72.8 Å². The van der Waals surface area contributed by atoms with Crippen molar-refractivity contribution in [2.24, 2.45) is 0 Å². The molecular formula is C58H64N18O6. The number of aryl methyl sites for hydroxylation is 2. The van der Waals surface area contributed by atoms with Gasteiger partial charge in [-0.15, -0.1) is 0 Å². The van der Waals surface area contributed by atoms with Gasteiger partial charge in [0.15, 0.2) is 22.9 Å². The number of nitrogens with one attached hydrogen (secondary N) is 2. The molecule has 0 unspecified atom stereocenters. The van der Waals surface area contributed by atoms with E-state index < -0.39 is 12.1 Å². The van der Waals surface area contributed by atoms with Crippen LogP contribution >= 0.6 is 0 Å². The summed E-state index contributed by atoms with van der Waals surface area (Å²) in [6.07, 6.45) is 11.6. The Hall–Kier alpha value is -9.16. The van der Waals surface area contributed by atoms with Crippen LogP contribution in [0.5, 0.6) is 0 Å². The molecule has 6 amide bonds. The van der Waals surface area contributed by atoms with E-state index in [4.69, 9.17) is 39.6 Å². The quantitative estimate of drug-likeness (QED) is 0.133. The topological polar surface area (TPSA) is 243 Å². The molecule has 24 heteroatoms. The summed E-state index contributed by atoms with van der Waals surface area (Å²) < 4.78 is 15.3. The van der Waals surface area contributed by atoms with Crippen molar-refractivity contribution in [1.82, 2.24) is 69.3 Å². The van der Waals surface area contributed by atoms with Crippen molar-refractivity contribution >= 4 is 69.0 Å². The molecule has 0 aliphatic carbocycles. The number of ether oxygens (including phenoxy) is 2. The maximum absolute atomic E-state index is 13.7. The van der Waals surface area contributed by atoms with E-state index in [-0.39, 0.29) is 23.9 Å². The van der Waals surface area contributed by atoms with Gasteiger partial charge >= 0.3 is 12.1 Å². The number of hydrogen-bond acceptors (Lipinski definition) is 16. The molecule has 82 heavy (non-hydrogen) atoms. The summed E-state index contributed by atoms with van der Waals surface area (Å²) in [5, 5.41) is 19.6. The van der Waals surface area contributed by atoms with E-state index in [1.54, 1.807) is 48.9 Å². The monoisotopic (exact) mass is 1110 g/mol. The SMILES string of the molecule is Cc1ccncc1C(=O)N1CCC(n2ncc3c(N4CCOCC4)nc(-c4ccc(NC(=O)N(C)N(C)C(=O)Nc5ccc(-c6nc(N7CCOCC7)c7cnn(C8CCN(C(=O)c9cccnc9C)CC8)c7n6)cc5)cc4)nc32)CC1. The molecule has 4 aliphatic heterocycles. The molecule has 0 atom stereocenters. The lowest BCUT2D eigenvalue weighted by atomic mass is 10.0. The first-order valence-electron chi connectivity index (χ1n) is 27.8. The summed E-state index contributed by atoms with van der Waals surface area (Å²) in [5.41, 5.74) is 6.75. The number of amides is 6. The molecule has 0 spiro atoms. The predicted molar refractivity (Wildman–Crippen MR) is 307 cm³/mol. The van der Waals surface area contributed by atoms with Gasteiger partial charge in [-0.05, 0) is 112 Å². The number of rotatable bonds is 10. The minimum Gasteiger partial charge on any atom is -0.378 e. The largest absolute Gasteiger partial charge is 0.378 e. The number of hydrazine groups is 1. The second-order valence-corrected chi connectivity index (χ2v) is 21.0. The molecule has 8 aromatic rings. The highest BCUT2D eigenvalue weighted by atomic mass is 16.5. The zero-order valence-corrected chi connectivity index (χ0v) is 46.3. The smallest absolute Gasteiger partial charge is 0.340 e. The molecule has 4 aliphatic rings. The first-order chi connectivity index (χ1) is 39.9. The fourth-order valence-corrected chi connectivity index (χ4v) is 11.1. The van der Waals surface area contributed by atoms with Gasteiger partial charge in [0.25, 0.3) is 11.8 Å². The van der Waals surface area contributed by atoms with Crippen LogP contribution in [0, 0.1) is 13.8 Å². The first kappa shape index (κ1) is 53.5. The van der Waals surface area contributed by atoms with Crippen molar-refractivity contribution in [2.45, 2.75) is 51.6 Å². The number of pyridine rings is 2. The maximum atomic E-state index is 13.7. The van der Waals surface area contributed by atoms with Crippen molar-refractivity contribution in [3.8, 4) is 22.8 Å². The van der Waals surface area contributed by atoms with Crippen LogP contribution in [0.3, 0.4) is 0 Å². The first-order valence-corrected chi connectivity index (χ1v) is 27.8. The molecule has 0 radical (unpaired) electrons. The zero-order valence-electron chi connectivity index (χ0n) is 46.3. The van der Waals surface area contributed by atoms with Crippen LogP contribution in [0.25, 0.3) is 44.8 Å². The molecule has 0 bridgehead atoms. The van der Waals surface area contributed by atoms with Crippen molar-refractivity contribution in [1.29, 1.82) is 0 Å². The Labute approximate surface area is 473 Å². The van der Waals surface area contributed by atoms with Gasteiger partial charge in [0.1, 0.15) is 11.6 Å². The third-order valence-corrected chi connectivity index (χ3v) is 16.0. The van der Waals surface area contributed by atoms with Crippen LogP contribution < -0.4 is 20.4 Å². The van der Waals surface area contributed by atoms with E-state index in [0.717, 1.165) is 39.1 Å². The molecule has 24 nitrogen and oxygen atoms in total. The summed E-state index contributed by atoms with van der Waals surface area (Å²) >= 11 is 0. The van der Waals surface area contributed by atoms with Crippen molar-refractivity contribution < 1.29 is 28.7 Å². The summed E-state index contributed by atoms with van der Waals surface area (Å²) in [7, 11) is 3.01. The number of piperidine rings is 2. The Morgan fingerprint density at radius 3 is 1.43 bits per heavy atom. The van der Waals surface area contributed by atoms with E-state index in [2.05, 4.69) is 30.4 Å². The van der Waals surface area contributed by atoms with Gasteiger partial charge in [-0.25, -0.2) is 48.9 Å². The Balaban J connectivity index is 0.700. The number of aromatic nitrogens is 10. The minimum absolute atomic E-state index is 0.0137. The Morgan fingerprint density at radius 1 is 0.537 bits per heavy atom.